The van der Waals surface area contributed by atoms with Crippen LogP contribution in [0.25, 0.3) is 0 Å². The lowest BCUT2D eigenvalue weighted by Gasteiger charge is -2.26. The van der Waals surface area contributed by atoms with Crippen molar-refractivity contribution in [3.63, 3.8) is 0 Å². The standard InChI is InChI=1S/C18H14Cl2N4O2/c19-13-6-5-12(15(20)7-13)8-26-23-18-14-3-1-2-4-17(14)25-9-16(18)24-11-21-10-22-24/h1-7,10-11,16H,8-9H2/b23-18+. The van der Waals surface area contributed by atoms with Crippen molar-refractivity contribution in [2.45, 2.75) is 12.6 Å². The fourth-order valence-corrected chi connectivity index (χ4v) is 3.19. The van der Waals surface area contributed by atoms with Crippen LogP contribution in [0.2, 0.25) is 10.0 Å². The summed E-state index contributed by atoms with van der Waals surface area (Å²) in [6.07, 6.45) is 3.11. The SMILES string of the molecule is Clc1ccc(CO/N=C2\c3ccccc3OCC2n2cncn2)c(Cl)c1. The summed E-state index contributed by atoms with van der Waals surface area (Å²) < 4.78 is 7.53. The van der Waals surface area contributed by atoms with Crippen LogP contribution in [0, 0.1) is 0 Å². The molecule has 0 N–H and O–H groups in total. The second kappa shape index (κ2) is 7.35. The monoisotopic (exact) mass is 388 g/mol. The highest BCUT2D eigenvalue weighted by Gasteiger charge is 2.29. The van der Waals surface area contributed by atoms with E-state index in [2.05, 4.69) is 15.2 Å². The molecule has 4 rings (SSSR count). The van der Waals surface area contributed by atoms with Crippen molar-refractivity contribution in [1.82, 2.24) is 14.8 Å². The molecule has 3 aromatic rings. The van der Waals surface area contributed by atoms with Crippen LogP contribution in [0.4, 0.5) is 0 Å². The molecule has 1 unspecified atom stereocenters. The molecule has 132 valence electrons. The van der Waals surface area contributed by atoms with Gasteiger partial charge < -0.3 is 9.57 Å². The normalized spacial score (nSPS) is 17.6. The number of benzene rings is 2. The third-order valence-corrected chi connectivity index (χ3v) is 4.62. The van der Waals surface area contributed by atoms with Crippen LogP contribution in [0.3, 0.4) is 0 Å². The van der Waals surface area contributed by atoms with Gasteiger partial charge in [-0.25, -0.2) is 9.67 Å². The van der Waals surface area contributed by atoms with Gasteiger partial charge in [0.05, 0.1) is 0 Å². The molecule has 0 fully saturated rings. The van der Waals surface area contributed by atoms with E-state index in [-0.39, 0.29) is 12.6 Å². The van der Waals surface area contributed by atoms with Crippen molar-refractivity contribution in [1.29, 1.82) is 0 Å². The van der Waals surface area contributed by atoms with Gasteiger partial charge in [-0.3, -0.25) is 0 Å². The van der Waals surface area contributed by atoms with Crippen molar-refractivity contribution in [2.75, 3.05) is 6.61 Å². The molecular formula is C18H14Cl2N4O2. The summed E-state index contributed by atoms with van der Waals surface area (Å²) in [6, 6.07) is 12.7. The Bertz CT molecular complexity index is 944. The molecule has 0 saturated heterocycles. The molecule has 0 amide bonds. The lowest BCUT2D eigenvalue weighted by molar-refractivity contribution is 0.127. The minimum atomic E-state index is -0.229. The molecule has 2 heterocycles. The molecule has 0 bridgehead atoms. The molecule has 0 aliphatic carbocycles. The minimum Gasteiger partial charge on any atom is -0.490 e. The molecule has 2 aromatic carbocycles. The van der Waals surface area contributed by atoms with Gasteiger partial charge in [0.25, 0.3) is 0 Å². The maximum absolute atomic E-state index is 6.19. The molecule has 0 spiro atoms. The van der Waals surface area contributed by atoms with Gasteiger partial charge in [-0.1, -0.05) is 46.6 Å². The Labute approximate surface area is 160 Å². The van der Waals surface area contributed by atoms with Gasteiger partial charge in [-0.15, -0.1) is 0 Å². The maximum atomic E-state index is 6.19. The smallest absolute Gasteiger partial charge is 0.143 e. The Morgan fingerprint density at radius 2 is 2.12 bits per heavy atom. The summed E-state index contributed by atoms with van der Waals surface area (Å²) >= 11 is 12.1. The third-order valence-electron chi connectivity index (χ3n) is 4.03. The summed E-state index contributed by atoms with van der Waals surface area (Å²) in [5.74, 6) is 0.760. The third kappa shape index (κ3) is 3.38. The zero-order valence-electron chi connectivity index (χ0n) is 13.5. The van der Waals surface area contributed by atoms with Gasteiger partial charge in [0, 0.05) is 21.2 Å². The molecule has 8 heteroatoms. The molecule has 0 radical (unpaired) electrons. The van der Waals surface area contributed by atoms with Gasteiger partial charge in [-0.05, 0) is 24.3 Å². The van der Waals surface area contributed by atoms with Crippen LogP contribution in [0.15, 0.2) is 60.3 Å². The Kier molecular flexibility index (Phi) is 4.77. The minimum absolute atomic E-state index is 0.229. The number of oxime groups is 1. The number of halogens is 2. The van der Waals surface area contributed by atoms with Crippen LogP contribution in [-0.4, -0.2) is 27.1 Å². The molecular weight excluding hydrogens is 375 g/mol. The van der Waals surface area contributed by atoms with Crippen LogP contribution < -0.4 is 4.74 Å². The summed E-state index contributed by atoms with van der Waals surface area (Å²) in [7, 11) is 0. The summed E-state index contributed by atoms with van der Waals surface area (Å²) in [5, 5.41) is 9.70. The van der Waals surface area contributed by atoms with E-state index in [1.807, 2.05) is 30.3 Å². The predicted molar refractivity (Wildman–Crippen MR) is 98.8 cm³/mol. The summed E-state index contributed by atoms with van der Waals surface area (Å²) in [5.41, 5.74) is 2.39. The Morgan fingerprint density at radius 3 is 2.92 bits per heavy atom. The van der Waals surface area contributed by atoms with Gasteiger partial charge in [0.15, 0.2) is 0 Å². The van der Waals surface area contributed by atoms with Gasteiger partial charge >= 0.3 is 0 Å². The summed E-state index contributed by atoms with van der Waals surface area (Å²) in [4.78, 5) is 9.61. The van der Waals surface area contributed by atoms with Gasteiger partial charge in [-0.2, -0.15) is 5.10 Å². The highest BCUT2D eigenvalue weighted by molar-refractivity contribution is 6.35. The van der Waals surface area contributed by atoms with Crippen molar-refractivity contribution >= 4 is 28.9 Å². The van der Waals surface area contributed by atoms with Gasteiger partial charge in [0.2, 0.25) is 0 Å². The zero-order valence-corrected chi connectivity index (χ0v) is 15.1. The first-order chi connectivity index (χ1) is 12.7. The van der Waals surface area contributed by atoms with E-state index in [4.69, 9.17) is 32.8 Å². The van der Waals surface area contributed by atoms with Crippen LogP contribution in [-0.2, 0) is 11.4 Å². The first-order valence-electron chi connectivity index (χ1n) is 7.92. The molecule has 1 aliphatic heterocycles. The highest BCUT2D eigenvalue weighted by atomic mass is 35.5. The number of aromatic nitrogens is 3. The number of rotatable bonds is 4. The zero-order chi connectivity index (χ0) is 17.9. The lowest BCUT2D eigenvalue weighted by Crippen LogP contribution is -2.31. The topological polar surface area (TPSA) is 61.5 Å². The first-order valence-corrected chi connectivity index (χ1v) is 8.68. The quantitative estimate of drug-likeness (QED) is 0.630. The van der Waals surface area contributed by atoms with Crippen molar-refractivity contribution in [2.24, 2.45) is 5.16 Å². The number of para-hydroxylation sites is 1. The largest absolute Gasteiger partial charge is 0.490 e. The molecule has 1 aromatic heterocycles. The first kappa shape index (κ1) is 16.9. The van der Waals surface area contributed by atoms with Crippen LogP contribution in [0.1, 0.15) is 17.2 Å². The number of hydrogen-bond donors (Lipinski definition) is 0. The van der Waals surface area contributed by atoms with E-state index in [9.17, 15) is 0 Å². The number of nitrogens with zero attached hydrogens (tertiary/aromatic N) is 4. The van der Waals surface area contributed by atoms with Gasteiger partial charge in [0.1, 0.15) is 43.4 Å². The molecule has 1 atom stereocenters. The van der Waals surface area contributed by atoms with Crippen LogP contribution >= 0.6 is 23.2 Å². The average molecular weight is 389 g/mol. The second-order valence-electron chi connectivity index (χ2n) is 5.68. The van der Waals surface area contributed by atoms with E-state index in [0.29, 0.717) is 16.7 Å². The summed E-state index contributed by atoms with van der Waals surface area (Å²) in [6.45, 7) is 0.622. The molecule has 26 heavy (non-hydrogen) atoms. The number of hydrogen-bond acceptors (Lipinski definition) is 5. The van der Waals surface area contributed by atoms with E-state index in [1.165, 1.54) is 6.33 Å². The lowest BCUT2D eigenvalue weighted by atomic mass is 10.0. The fourth-order valence-electron chi connectivity index (χ4n) is 2.73. The maximum Gasteiger partial charge on any atom is 0.143 e. The highest BCUT2D eigenvalue weighted by Crippen LogP contribution is 2.30. The number of fused-ring (bicyclic) bond motifs is 1. The van der Waals surface area contributed by atoms with E-state index in [1.54, 1.807) is 23.1 Å². The van der Waals surface area contributed by atoms with Crippen molar-refractivity contribution < 1.29 is 9.57 Å². The number of ether oxygens (including phenoxy) is 1. The Hall–Kier alpha value is -2.57. The van der Waals surface area contributed by atoms with E-state index < -0.39 is 0 Å². The Balaban J connectivity index is 1.62. The second-order valence-corrected chi connectivity index (χ2v) is 6.53. The van der Waals surface area contributed by atoms with Crippen molar-refractivity contribution in [3.05, 3.63) is 76.3 Å². The van der Waals surface area contributed by atoms with Crippen LogP contribution in [0.5, 0.6) is 5.75 Å². The van der Waals surface area contributed by atoms with Crippen molar-refractivity contribution in [3.8, 4) is 5.75 Å². The van der Waals surface area contributed by atoms with E-state index in [0.717, 1.165) is 22.6 Å². The van der Waals surface area contributed by atoms with E-state index >= 15 is 0 Å². The fraction of sp³-hybridized carbons (Fsp3) is 0.167. The predicted octanol–water partition coefficient (Wildman–Crippen LogP) is 4.14. The average Bonchev–Trinajstić information content (AvgIpc) is 3.18. The molecule has 6 nitrogen and oxygen atoms in total. The molecule has 0 saturated carbocycles. The molecule has 1 aliphatic rings. The Morgan fingerprint density at radius 1 is 1.23 bits per heavy atom.